The zero-order valence-electron chi connectivity index (χ0n) is 10.1. The third kappa shape index (κ3) is 3.64. The number of hydrogen-bond acceptors (Lipinski definition) is 4. The number of carbonyl (C=O) groups excluding carboxylic acids is 1. The van der Waals surface area contributed by atoms with Crippen LogP contribution in [0.3, 0.4) is 0 Å². The van der Waals surface area contributed by atoms with Crippen molar-refractivity contribution in [1.29, 1.82) is 0 Å². The molecule has 1 aliphatic rings. The lowest BCUT2D eigenvalue weighted by molar-refractivity contribution is -0.129. The van der Waals surface area contributed by atoms with Crippen LogP contribution >= 0.6 is 23.1 Å². The average Bonchev–Trinajstić information content (AvgIpc) is 2.90. The zero-order valence-corrected chi connectivity index (χ0v) is 11.7. The highest BCUT2D eigenvalue weighted by Gasteiger charge is 2.37. The molecule has 2 unspecified atom stereocenters. The monoisotopic (exact) mass is 310 g/mol. The highest BCUT2D eigenvalue weighted by molar-refractivity contribution is 8.00. The van der Waals surface area contributed by atoms with Gasteiger partial charge in [-0.05, 0) is 41.1 Å². The van der Waals surface area contributed by atoms with Crippen LogP contribution in [0.25, 0.3) is 0 Å². The maximum absolute atomic E-state index is 12.1. The lowest BCUT2D eigenvalue weighted by Crippen LogP contribution is -2.32. The fourth-order valence-electron chi connectivity index (χ4n) is 1.98. The number of alkyl halides is 3. The number of halogens is 3. The summed E-state index contributed by atoms with van der Waals surface area (Å²) in [6.45, 7) is 1.81. The second-order valence-electron chi connectivity index (χ2n) is 4.17. The smallest absolute Gasteiger partial charge is 0.321 e. The van der Waals surface area contributed by atoms with Crippen molar-refractivity contribution >= 4 is 29.0 Å². The van der Waals surface area contributed by atoms with Crippen molar-refractivity contribution in [2.24, 2.45) is 0 Å². The van der Waals surface area contributed by atoms with E-state index in [9.17, 15) is 18.0 Å². The van der Waals surface area contributed by atoms with Gasteiger partial charge in [0.15, 0.2) is 0 Å². The first-order valence-electron chi connectivity index (χ1n) is 5.68. The first kappa shape index (κ1) is 14.7. The fourth-order valence-corrected chi connectivity index (χ4v) is 3.18. The molecule has 0 bridgehead atoms. The SMILES string of the molecule is CC1NC(c2ccsc2)N(CCSC(F)(F)F)C1=O. The number of thioether (sulfide) groups is 1. The van der Waals surface area contributed by atoms with E-state index in [0.717, 1.165) is 5.56 Å². The van der Waals surface area contributed by atoms with E-state index in [2.05, 4.69) is 5.32 Å². The maximum atomic E-state index is 12.1. The van der Waals surface area contributed by atoms with Gasteiger partial charge in [0.25, 0.3) is 0 Å². The predicted molar refractivity (Wildman–Crippen MR) is 69.9 cm³/mol. The predicted octanol–water partition coefficient (Wildman–Crippen LogP) is 2.82. The van der Waals surface area contributed by atoms with Crippen molar-refractivity contribution in [2.45, 2.75) is 24.6 Å². The Morgan fingerprint density at radius 3 is 2.84 bits per heavy atom. The molecule has 1 aliphatic heterocycles. The molecule has 3 nitrogen and oxygen atoms in total. The number of carbonyl (C=O) groups is 1. The molecule has 1 N–H and O–H groups in total. The molecule has 2 rings (SSSR count). The summed E-state index contributed by atoms with van der Waals surface area (Å²) < 4.78 is 36.4. The fraction of sp³-hybridized carbons (Fsp3) is 0.545. The summed E-state index contributed by atoms with van der Waals surface area (Å²) in [5.41, 5.74) is -3.33. The molecule has 0 saturated carbocycles. The van der Waals surface area contributed by atoms with Gasteiger partial charge in [-0.2, -0.15) is 24.5 Å². The average molecular weight is 310 g/mol. The lowest BCUT2D eigenvalue weighted by atomic mass is 10.2. The Labute approximate surface area is 117 Å². The van der Waals surface area contributed by atoms with E-state index in [-0.39, 0.29) is 42.2 Å². The summed E-state index contributed by atoms with van der Waals surface area (Å²) in [7, 11) is 0. The molecular formula is C11H13F3N2OS2. The Balaban J connectivity index is 2.01. The first-order chi connectivity index (χ1) is 8.88. The molecule has 1 aromatic heterocycles. The van der Waals surface area contributed by atoms with Crippen LogP contribution in [-0.4, -0.2) is 34.7 Å². The van der Waals surface area contributed by atoms with Crippen molar-refractivity contribution in [3.8, 4) is 0 Å². The Hall–Kier alpha value is -0.730. The largest absolute Gasteiger partial charge is 0.441 e. The molecule has 0 aromatic carbocycles. The molecule has 1 fully saturated rings. The first-order valence-corrected chi connectivity index (χ1v) is 7.60. The van der Waals surface area contributed by atoms with Crippen LogP contribution in [0.5, 0.6) is 0 Å². The minimum absolute atomic E-state index is 0.0842. The normalized spacial score (nSPS) is 24.2. The Kier molecular flexibility index (Phi) is 4.42. The number of hydrogen-bond donors (Lipinski definition) is 1. The number of nitrogens with one attached hydrogen (secondary N) is 1. The minimum Gasteiger partial charge on any atom is -0.321 e. The molecule has 1 amide bonds. The quantitative estimate of drug-likeness (QED) is 0.928. The van der Waals surface area contributed by atoms with Gasteiger partial charge in [-0.1, -0.05) is 0 Å². The molecule has 1 aromatic rings. The minimum atomic E-state index is -4.25. The van der Waals surface area contributed by atoms with Crippen LogP contribution in [0.4, 0.5) is 13.2 Å². The summed E-state index contributed by atoms with van der Waals surface area (Å²) in [5, 5.41) is 6.87. The summed E-state index contributed by atoms with van der Waals surface area (Å²) in [6.07, 6.45) is -0.317. The van der Waals surface area contributed by atoms with Crippen molar-refractivity contribution in [3.05, 3.63) is 22.4 Å². The van der Waals surface area contributed by atoms with Gasteiger partial charge in [0.1, 0.15) is 6.17 Å². The summed E-state index contributed by atoms with van der Waals surface area (Å²) in [4.78, 5) is 13.4. The molecule has 2 atom stereocenters. The van der Waals surface area contributed by atoms with Gasteiger partial charge in [0, 0.05) is 12.3 Å². The Bertz CT molecular complexity index is 436. The highest BCUT2D eigenvalue weighted by Crippen LogP contribution is 2.32. The van der Waals surface area contributed by atoms with Crippen molar-refractivity contribution < 1.29 is 18.0 Å². The van der Waals surface area contributed by atoms with Gasteiger partial charge in [-0.15, -0.1) is 0 Å². The van der Waals surface area contributed by atoms with Crippen LogP contribution < -0.4 is 5.32 Å². The van der Waals surface area contributed by atoms with Gasteiger partial charge in [-0.25, -0.2) is 0 Å². The lowest BCUT2D eigenvalue weighted by Gasteiger charge is -2.23. The molecule has 106 valence electrons. The third-order valence-corrected chi connectivity index (χ3v) is 4.25. The van der Waals surface area contributed by atoms with Crippen LogP contribution in [-0.2, 0) is 4.79 Å². The second kappa shape index (κ2) is 5.72. The van der Waals surface area contributed by atoms with Crippen LogP contribution in [0.2, 0.25) is 0 Å². The van der Waals surface area contributed by atoms with Crippen LogP contribution in [0, 0.1) is 0 Å². The molecule has 0 radical (unpaired) electrons. The highest BCUT2D eigenvalue weighted by atomic mass is 32.2. The van der Waals surface area contributed by atoms with Crippen molar-refractivity contribution in [3.63, 3.8) is 0 Å². The van der Waals surface area contributed by atoms with E-state index in [1.807, 2.05) is 16.8 Å². The standard InChI is InChI=1S/C11H13F3N2OS2/c1-7-10(17)16(3-5-19-11(12,13)14)9(15-7)8-2-4-18-6-8/h2,4,6-7,9,15H,3,5H2,1H3. The van der Waals surface area contributed by atoms with E-state index in [4.69, 9.17) is 0 Å². The molecule has 8 heteroatoms. The van der Waals surface area contributed by atoms with Crippen molar-refractivity contribution in [1.82, 2.24) is 10.2 Å². The molecular weight excluding hydrogens is 297 g/mol. The van der Waals surface area contributed by atoms with Crippen LogP contribution in [0.1, 0.15) is 18.7 Å². The molecule has 2 heterocycles. The topological polar surface area (TPSA) is 32.3 Å². The van der Waals surface area contributed by atoms with Crippen molar-refractivity contribution in [2.75, 3.05) is 12.3 Å². The molecule has 0 aliphatic carbocycles. The van der Waals surface area contributed by atoms with E-state index >= 15 is 0 Å². The Morgan fingerprint density at radius 1 is 1.53 bits per heavy atom. The third-order valence-electron chi connectivity index (χ3n) is 2.83. The number of rotatable bonds is 4. The van der Waals surface area contributed by atoms with E-state index in [1.54, 1.807) is 6.92 Å². The van der Waals surface area contributed by atoms with Gasteiger partial charge >= 0.3 is 5.51 Å². The summed E-state index contributed by atoms with van der Waals surface area (Å²) in [5.74, 6) is -0.302. The van der Waals surface area contributed by atoms with Gasteiger partial charge in [0.2, 0.25) is 5.91 Å². The second-order valence-corrected chi connectivity index (χ2v) is 6.11. The van der Waals surface area contributed by atoms with Crippen LogP contribution in [0.15, 0.2) is 16.8 Å². The summed E-state index contributed by atoms with van der Waals surface area (Å²) >= 11 is 1.40. The number of thiophene rings is 1. The number of amides is 1. The zero-order chi connectivity index (χ0) is 14.0. The molecule has 1 saturated heterocycles. The Morgan fingerprint density at radius 2 is 2.26 bits per heavy atom. The summed E-state index contributed by atoms with van der Waals surface area (Å²) in [6, 6.07) is 1.51. The van der Waals surface area contributed by atoms with E-state index < -0.39 is 5.51 Å². The molecule has 19 heavy (non-hydrogen) atoms. The maximum Gasteiger partial charge on any atom is 0.441 e. The number of nitrogens with zero attached hydrogens (tertiary/aromatic N) is 1. The molecule has 0 spiro atoms. The van der Waals surface area contributed by atoms with Gasteiger partial charge in [0.05, 0.1) is 6.04 Å². The van der Waals surface area contributed by atoms with E-state index in [1.165, 1.54) is 16.2 Å². The van der Waals surface area contributed by atoms with Gasteiger partial charge < -0.3 is 4.90 Å². The van der Waals surface area contributed by atoms with E-state index in [0.29, 0.717) is 0 Å². The van der Waals surface area contributed by atoms with Gasteiger partial charge in [-0.3, -0.25) is 10.1 Å².